The second-order valence-corrected chi connectivity index (χ2v) is 7.97. The molecule has 2 N–H and O–H groups in total. The van der Waals surface area contributed by atoms with E-state index in [4.69, 9.17) is 9.47 Å². The SMILES string of the molecule is COc1ccc(NC(=O)CCC(=O)NN=Cc2ccc(OCc3ccc(Br)cc3)cc2)cc1. The van der Waals surface area contributed by atoms with Gasteiger partial charge in [-0.05, 0) is 71.8 Å². The van der Waals surface area contributed by atoms with Crippen molar-refractivity contribution in [3.05, 3.63) is 88.4 Å². The molecule has 33 heavy (non-hydrogen) atoms. The van der Waals surface area contributed by atoms with Crippen LogP contribution in [0.2, 0.25) is 0 Å². The van der Waals surface area contributed by atoms with Gasteiger partial charge in [-0.2, -0.15) is 5.10 Å². The van der Waals surface area contributed by atoms with Crippen LogP contribution in [0.4, 0.5) is 5.69 Å². The minimum Gasteiger partial charge on any atom is -0.497 e. The molecular weight excluding hydrogens is 486 g/mol. The molecule has 0 unspecified atom stereocenters. The molecule has 0 saturated heterocycles. The van der Waals surface area contributed by atoms with Crippen LogP contribution in [0.25, 0.3) is 0 Å². The van der Waals surface area contributed by atoms with E-state index < -0.39 is 0 Å². The number of nitrogens with zero attached hydrogens (tertiary/aromatic N) is 1. The molecule has 170 valence electrons. The number of rotatable bonds is 10. The first-order valence-corrected chi connectivity index (χ1v) is 11.0. The molecule has 3 aromatic rings. The Balaban J connectivity index is 1.36. The smallest absolute Gasteiger partial charge is 0.240 e. The van der Waals surface area contributed by atoms with Crippen molar-refractivity contribution in [3.63, 3.8) is 0 Å². The van der Waals surface area contributed by atoms with E-state index in [2.05, 4.69) is 31.8 Å². The van der Waals surface area contributed by atoms with E-state index in [1.807, 2.05) is 48.5 Å². The van der Waals surface area contributed by atoms with Crippen LogP contribution in [0.3, 0.4) is 0 Å². The number of halogens is 1. The van der Waals surface area contributed by atoms with Crippen LogP contribution in [-0.2, 0) is 16.2 Å². The molecule has 3 aromatic carbocycles. The van der Waals surface area contributed by atoms with Gasteiger partial charge in [0.05, 0.1) is 13.3 Å². The van der Waals surface area contributed by atoms with Crippen molar-refractivity contribution >= 4 is 39.6 Å². The normalized spacial score (nSPS) is 10.6. The summed E-state index contributed by atoms with van der Waals surface area (Å²) >= 11 is 3.41. The molecule has 0 radical (unpaired) electrons. The molecule has 0 saturated carbocycles. The Bertz CT molecular complexity index is 1080. The summed E-state index contributed by atoms with van der Waals surface area (Å²) in [4.78, 5) is 23.9. The first-order chi connectivity index (χ1) is 16.0. The second-order valence-electron chi connectivity index (χ2n) is 7.05. The average Bonchev–Trinajstić information content (AvgIpc) is 2.84. The molecule has 0 heterocycles. The van der Waals surface area contributed by atoms with E-state index in [1.165, 1.54) is 6.21 Å². The van der Waals surface area contributed by atoms with Gasteiger partial charge in [-0.15, -0.1) is 0 Å². The Labute approximate surface area is 200 Å². The Morgan fingerprint density at radius 2 is 1.52 bits per heavy atom. The summed E-state index contributed by atoms with van der Waals surface area (Å²) in [5, 5.41) is 6.67. The number of amides is 2. The van der Waals surface area contributed by atoms with Gasteiger partial charge in [0.25, 0.3) is 0 Å². The zero-order valence-corrected chi connectivity index (χ0v) is 19.7. The van der Waals surface area contributed by atoms with Crippen LogP contribution in [-0.4, -0.2) is 25.1 Å². The molecule has 7 nitrogen and oxygen atoms in total. The molecule has 0 aliphatic carbocycles. The van der Waals surface area contributed by atoms with Gasteiger partial charge in [0.15, 0.2) is 0 Å². The van der Waals surface area contributed by atoms with Gasteiger partial charge in [-0.1, -0.05) is 28.1 Å². The molecule has 3 rings (SSSR count). The van der Waals surface area contributed by atoms with Gasteiger partial charge >= 0.3 is 0 Å². The van der Waals surface area contributed by atoms with Crippen molar-refractivity contribution in [2.45, 2.75) is 19.4 Å². The average molecular weight is 510 g/mol. The van der Waals surface area contributed by atoms with E-state index in [1.54, 1.807) is 31.4 Å². The summed E-state index contributed by atoms with van der Waals surface area (Å²) in [6.07, 6.45) is 1.62. The predicted molar refractivity (Wildman–Crippen MR) is 132 cm³/mol. The highest BCUT2D eigenvalue weighted by Gasteiger charge is 2.07. The quantitative estimate of drug-likeness (QED) is 0.300. The van der Waals surface area contributed by atoms with Crippen molar-refractivity contribution < 1.29 is 19.1 Å². The summed E-state index contributed by atoms with van der Waals surface area (Å²) in [7, 11) is 1.57. The van der Waals surface area contributed by atoms with Gasteiger partial charge < -0.3 is 14.8 Å². The maximum atomic E-state index is 12.0. The fourth-order valence-electron chi connectivity index (χ4n) is 2.76. The monoisotopic (exact) mass is 509 g/mol. The lowest BCUT2D eigenvalue weighted by Crippen LogP contribution is -2.20. The van der Waals surface area contributed by atoms with Gasteiger partial charge in [-0.3, -0.25) is 9.59 Å². The van der Waals surface area contributed by atoms with Crippen molar-refractivity contribution in [1.29, 1.82) is 0 Å². The molecular formula is C25H24BrN3O4. The van der Waals surface area contributed by atoms with Crippen LogP contribution in [0.5, 0.6) is 11.5 Å². The van der Waals surface area contributed by atoms with Crippen molar-refractivity contribution in [1.82, 2.24) is 5.43 Å². The van der Waals surface area contributed by atoms with Crippen LogP contribution < -0.4 is 20.2 Å². The molecule has 0 fully saturated rings. The van der Waals surface area contributed by atoms with Gasteiger partial charge in [0.1, 0.15) is 18.1 Å². The minimum absolute atomic E-state index is 0.0299. The van der Waals surface area contributed by atoms with Crippen molar-refractivity contribution in [2.24, 2.45) is 5.10 Å². The fourth-order valence-corrected chi connectivity index (χ4v) is 3.02. The number of hydrogen-bond acceptors (Lipinski definition) is 5. The molecule has 0 aromatic heterocycles. The van der Waals surface area contributed by atoms with Crippen molar-refractivity contribution in [3.8, 4) is 11.5 Å². The van der Waals surface area contributed by atoms with Crippen LogP contribution in [0.1, 0.15) is 24.0 Å². The van der Waals surface area contributed by atoms with Crippen LogP contribution >= 0.6 is 15.9 Å². The lowest BCUT2D eigenvalue weighted by molar-refractivity contribution is -0.124. The highest BCUT2D eigenvalue weighted by atomic mass is 79.9. The van der Waals surface area contributed by atoms with Gasteiger partial charge in [-0.25, -0.2) is 5.43 Å². The van der Waals surface area contributed by atoms with Crippen LogP contribution in [0, 0.1) is 0 Å². The number of benzene rings is 3. The molecule has 8 heteroatoms. The maximum absolute atomic E-state index is 12.0. The van der Waals surface area contributed by atoms with E-state index in [0.29, 0.717) is 18.0 Å². The van der Waals surface area contributed by atoms with Gasteiger partial charge in [0.2, 0.25) is 11.8 Å². The number of nitrogens with one attached hydrogen (secondary N) is 2. The first kappa shape index (κ1) is 24.0. The van der Waals surface area contributed by atoms with Gasteiger partial charge in [0, 0.05) is 23.0 Å². The molecule has 2 amide bonds. The Kier molecular flexibility index (Phi) is 9.02. The molecule has 0 aliphatic heterocycles. The number of anilines is 1. The summed E-state index contributed by atoms with van der Waals surface area (Å²) < 4.78 is 11.9. The number of hydrazone groups is 1. The zero-order valence-electron chi connectivity index (χ0n) is 18.1. The molecule has 0 atom stereocenters. The molecule has 0 bridgehead atoms. The third-order valence-corrected chi connectivity index (χ3v) is 5.08. The predicted octanol–water partition coefficient (Wildman–Crippen LogP) is 4.91. The standard InChI is InChI=1S/C25H24BrN3O4/c1-32-22-12-8-21(9-13-22)28-24(30)14-15-25(31)29-27-16-18-4-10-23(11-5-18)33-17-19-2-6-20(26)7-3-19/h2-13,16H,14-15,17H2,1H3,(H,28,30)(H,29,31). The van der Waals surface area contributed by atoms with E-state index in [0.717, 1.165) is 21.3 Å². The summed E-state index contributed by atoms with van der Waals surface area (Å²) in [6, 6.07) is 22.3. The third-order valence-electron chi connectivity index (χ3n) is 4.55. The Hall–Kier alpha value is -3.65. The topological polar surface area (TPSA) is 89.0 Å². The largest absolute Gasteiger partial charge is 0.497 e. The second kappa shape index (κ2) is 12.4. The van der Waals surface area contributed by atoms with E-state index in [-0.39, 0.29) is 24.7 Å². The summed E-state index contributed by atoms with van der Waals surface area (Å²) in [6.45, 7) is 0.475. The van der Waals surface area contributed by atoms with Crippen LogP contribution in [0.15, 0.2) is 82.4 Å². The highest BCUT2D eigenvalue weighted by molar-refractivity contribution is 9.10. The number of hydrogen-bond donors (Lipinski definition) is 2. The third kappa shape index (κ3) is 8.42. The minimum atomic E-state index is -0.342. The highest BCUT2D eigenvalue weighted by Crippen LogP contribution is 2.16. The van der Waals surface area contributed by atoms with Crippen molar-refractivity contribution in [2.75, 3.05) is 12.4 Å². The Morgan fingerprint density at radius 3 is 2.18 bits per heavy atom. The van der Waals surface area contributed by atoms with E-state index in [9.17, 15) is 9.59 Å². The number of carbonyl (C=O) groups excluding carboxylic acids is 2. The number of methoxy groups -OCH3 is 1. The number of ether oxygens (including phenoxy) is 2. The summed E-state index contributed by atoms with van der Waals surface area (Å²) in [5.41, 5.74) is 4.95. The fraction of sp³-hybridized carbons (Fsp3) is 0.160. The lowest BCUT2D eigenvalue weighted by atomic mass is 10.2. The maximum Gasteiger partial charge on any atom is 0.240 e. The lowest BCUT2D eigenvalue weighted by Gasteiger charge is -2.07. The Morgan fingerprint density at radius 1 is 0.879 bits per heavy atom. The summed E-state index contributed by atoms with van der Waals surface area (Å²) in [5.74, 6) is 0.846. The number of carbonyl (C=O) groups is 2. The zero-order chi connectivity index (χ0) is 23.5. The molecule has 0 spiro atoms. The van der Waals surface area contributed by atoms with E-state index >= 15 is 0 Å². The first-order valence-electron chi connectivity index (χ1n) is 10.2. The molecule has 0 aliphatic rings.